The molecule has 0 saturated heterocycles. The van der Waals surface area contributed by atoms with E-state index >= 15 is 0 Å². The maximum Gasteiger partial charge on any atom is 0.412 e. The van der Waals surface area contributed by atoms with E-state index in [4.69, 9.17) is 9.47 Å². The molecule has 1 amide bonds. The summed E-state index contributed by atoms with van der Waals surface area (Å²) in [5.74, 6) is -0.669. The highest BCUT2D eigenvalue weighted by Gasteiger charge is 2.21. The summed E-state index contributed by atoms with van der Waals surface area (Å²) in [5, 5.41) is 2.84. The van der Waals surface area contributed by atoms with Crippen molar-refractivity contribution in [2.24, 2.45) is 0 Å². The van der Waals surface area contributed by atoms with Crippen LogP contribution in [0.25, 0.3) is 10.9 Å². The largest absolute Gasteiger partial charge is 0.444 e. The van der Waals surface area contributed by atoms with Gasteiger partial charge in [0.05, 0.1) is 0 Å². The van der Waals surface area contributed by atoms with Crippen LogP contribution < -0.4 is 10.1 Å². The monoisotopic (exact) mass is 446 g/mol. The average Bonchev–Trinajstić information content (AvgIpc) is 2.69. The molecule has 8 heteroatoms. The maximum atomic E-state index is 14.3. The van der Waals surface area contributed by atoms with Crippen molar-refractivity contribution >= 4 is 22.7 Å². The maximum absolute atomic E-state index is 14.3. The summed E-state index contributed by atoms with van der Waals surface area (Å²) in [6, 6.07) is 11.1. The Hall–Kier alpha value is -3.29. The minimum atomic E-state index is -3.06. The van der Waals surface area contributed by atoms with Crippen LogP contribution in [0.15, 0.2) is 42.5 Å². The molecule has 0 aliphatic carbocycles. The number of carbonyl (C=O) groups is 1. The average molecular weight is 446 g/mol. The first kappa shape index (κ1) is 23.4. The number of hydrogen-bond donors (Lipinski definition) is 1. The predicted octanol–water partition coefficient (Wildman–Crippen LogP) is 6.48. The van der Waals surface area contributed by atoms with E-state index in [9.17, 15) is 18.0 Å². The highest BCUT2D eigenvalue weighted by Crippen LogP contribution is 2.35. The van der Waals surface area contributed by atoms with E-state index in [0.29, 0.717) is 23.4 Å². The van der Waals surface area contributed by atoms with Crippen LogP contribution in [-0.2, 0) is 17.6 Å². The molecular weight excluding hydrogens is 421 g/mol. The van der Waals surface area contributed by atoms with Gasteiger partial charge in [0.2, 0.25) is 0 Å². The summed E-state index contributed by atoms with van der Waals surface area (Å²) in [6.45, 7) is 4.06. The molecular formula is C24H25F3N2O3. The third-order valence-electron chi connectivity index (χ3n) is 4.62. The van der Waals surface area contributed by atoms with Crippen molar-refractivity contribution in [3.05, 3.63) is 65.1 Å². The summed E-state index contributed by atoms with van der Waals surface area (Å²) < 4.78 is 50.8. The zero-order valence-corrected chi connectivity index (χ0v) is 18.3. The van der Waals surface area contributed by atoms with Crippen LogP contribution in [0.4, 0.5) is 23.7 Å². The Morgan fingerprint density at radius 3 is 2.41 bits per heavy atom. The molecule has 2 aromatic carbocycles. The number of halogens is 3. The van der Waals surface area contributed by atoms with Gasteiger partial charge in [-0.15, -0.1) is 0 Å². The number of alkyl halides is 2. The summed E-state index contributed by atoms with van der Waals surface area (Å²) in [6.07, 6.45) is 0.0846. The number of hydrogen-bond acceptors (Lipinski definition) is 4. The number of rotatable bonds is 6. The van der Waals surface area contributed by atoms with Crippen LogP contribution in [0.2, 0.25) is 0 Å². The highest BCUT2D eigenvalue weighted by atomic mass is 19.3. The number of nitrogens with one attached hydrogen (secondary N) is 1. The Labute approximate surface area is 184 Å². The number of pyridine rings is 1. The van der Waals surface area contributed by atoms with Gasteiger partial charge < -0.3 is 9.47 Å². The second-order valence-corrected chi connectivity index (χ2v) is 8.23. The molecule has 5 nitrogen and oxygen atoms in total. The van der Waals surface area contributed by atoms with Gasteiger partial charge in [-0.05, 0) is 57.0 Å². The van der Waals surface area contributed by atoms with E-state index in [1.807, 2.05) is 6.92 Å². The molecule has 0 radical (unpaired) electrons. The first-order chi connectivity index (χ1) is 15.1. The summed E-state index contributed by atoms with van der Waals surface area (Å²) >= 11 is 0. The lowest BCUT2D eigenvalue weighted by Gasteiger charge is -2.20. The van der Waals surface area contributed by atoms with Crippen LogP contribution >= 0.6 is 0 Å². The molecule has 0 atom stereocenters. The van der Waals surface area contributed by atoms with Crippen LogP contribution in [0, 0.1) is 5.82 Å². The van der Waals surface area contributed by atoms with Gasteiger partial charge in [-0.1, -0.05) is 25.1 Å². The molecule has 1 N–H and O–H groups in total. The normalized spacial score (nSPS) is 11.6. The van der Waals surface area contributed by atoms with Crippen molar-refractivity contribution in [2.75, 3.05) is 5.32 Å². The van der Waals surface area contributed by atoms with Crippen molar-refractivity contribution in [1.29, 1.82) is 0 Å². The predicted molar refractivity (Wildman–Crippen MR) is 117 cm³/mol. The summed E-state index contributed by atoms with van der Waals surface area (Å²) in [4.78, 5) is 16.3. The molecule has 1 aromatic heterocycles. The Morgan fingerprint density at radius 1 is 1.12 bits per heavy atom. The van der Waals surface area contributed by atoms with E-state index in [1.165, 1.54) is 18.2 Å². The zero-order chi connectivity index (χ0) is 23.5. The van der Waals surface area contributed by atoms with Crippen molar-refractivity contribution in [3.8, 4) is 5.75 Å². The fourth-order valence-electron chi connectivity index (χ4n) is 3.34. The Kier molecular flexibility index (Phi) is 6.91. The van der Waals surface area contributed by atoms with Gasteiger partial charge in [0.25, 0.3) is 0 Å². The summed E-state index contributed by atoms with van der Waals surface area (Å²) in [7, 11) is 0. The van der Waals surface area contributed by atoms with E-state index in [2.05, 4.69) is 10.3 Å². The van der Waals surface area contributed by atoms with Crippen LogP contribution in [0.1, 0.15) is 44.5 Å². The summed E-state index contributed by atoms with van der Waals surface area (Å²) in [5.41, 5.74) is 1.64. The third kappa shape index (κ3) is 5.69. The number of fused-ring (bicyclic) bond motifs is 1. The number of nitrogens with zero attached hydrogens (tertiary/aromatic N) is 1. The Morgan fingerprint density at radius 2 is 1.81 bits per heavy atom. The van der Waals surface area contributed by atoms with Crippen LogP contribution in [0.5, 0.6) is 5.75 Å². The van der Waals surface area contributed by atoms with Crippen LogP contribution in [0.3, 0.4) is 0 Å². The minimum absolute atomic E-state index is 0.000610. The molecule has 0 spiro atoms. The van der Waals surface area contributed by atoms with E-state index in [1.54, 1.807) is 45.0 Å². The van der Waals surface area contributed by atoms with Gasteiger partial charge in [-0.3, -0.25) is 5.32 Å². The quantitative estimate of drug-likeness (QED) is 0.471. The lowest BCUT2D eigenvalue weighted by molar-refractivity contribution is -0.0494. The number of carbonyl (C=O) groups excluding carboxylic acids is 1. The van der Waals surface area contributed by atoms with Crippen molar-refractivity contribution in [1.82, 2.24) is 4.98 Å². The number of amides is 1. The smallest absolute Gasteiger partial charge is 0.412 e. The molecule has 170 valence electrons. The van der Waals surface area contributed by atoms with E-state index < -0.39 is 24.1 Å². The number of ether oxygens (including phenoxy) is 2. The Bertz CT molecular complexity index is 1110. The number of anilines is 1. The van der Waals surface area contributed by atoms with Gasteiger partial charge >= 0.3 is 12.7 Å². The van der Waals surface area contributed by atoms with Crippen molar-refractivity contribution in [3.63, 3.8) is 0 Å². The van der Waals surface area contributed by atoms with Gasteiger partial charge in [0, 0.05) is 28.8 Å². The third-order valence-corrected chi connectivity index (χ3v) is 4.62. The van der Waals surface area contributed by atoms with Gasteiger partial charge in [-0.25, -0.2) is 14.2 Å². The lowest BCUT2D eigenvalue weighted by atomic mass is 9.98. The second kappa shape index (κ2) is 9.46. The Balaban J connectivity index is 1.93. The van der Waals surface area contributed by atoms with Gasteiger partial charge in [-0.2, -0.15) is 8.78 Å². The molecule has 1 heterocycles. The van der Waals surface area contributed by atoms with E-state index in [-0.39, 0.29) is 23.1 Å². The van der Waals surface area contributed by atoms with Crippen molar-refractivity contribution in [2.45, 2.75) is 52.7 Å². The molecule has 0 bridgehead atoms. The highest BCUT2D eigenvalue weighted by molar-refractivity contribution is 5.87. The topological polar surface area (TPSA) is 60.5 Å². The number of aromatic nitrogens is 1. The molecule has 0 aliphatic heterocycles. The fraction of sp³-hybridized carbons (Fsp3) is 0.333. The minimum Gasteiger partial charge on any atom is -0.444 e. The van der Waals surface area contributed by atoms with Crippen LogP contribution in [-0.4, -0.2) is 23.3 Å². The molecule has 3 aromatic rings. The zero-order valence-electron chi connectivity index (χ0n) is 18.3. The first-order valence-electron chi connectivity index (χ1n) is 10.2. The number of benzene rings is 2. The number of aryl methyl sites for hydroxylation is 1. The molecule has 0 aliphatic rings. The number of para-hydroxylation sites is 1. The SMILES string of the molecule is CCc1nc2c(F)cccc2c(OC(F)F)c1Cc1ccc(NC(=O)OC(C)(C)C)cc1. The standard InChI is InChI=1S/C24H25F3N2O3/c1-5-19-17(21(31-22(26)27)16-7-6-8-18(25)20(16)29-19)13-14-9-11-15(12-10-14)28-23(30)32-24(2,3)4/h6-12,22H,5,13H2,1-4H3,(H,28,30). The first-order valence-corrected chi connectivity index (χ1v) is 10.2. The van der Waals surface area contributed by atoms with E-state index in [0.717, 1.165) is 5.56 Å². The molecule has 32 heavy (non-hydrogen) atoms. The fourth-order valence-corrected chi connectivity index (χ4v) is 3.34. The molecule has 0 saturated carbocycles. The molecule has 0 fully saturated rings. The van der Waals surface area contributed by atoms with Gasteiger partial charge in [0.15, 0.2) is 0 Å². The van der Waals surface area contributed by atoms with Crippen molar-refractivity contribution < 1.29 is 27.4 Å². The van der Waals surface area contributed by atoms with Gasteiger partial charge in [0.1, 0.15) is 22.7 Å². The lowest BCUT2D eigenvalue weighted by Crippen LogP contribution is -2.27. The molecule has 0 unspecified atom stereocenters. The second-order valence-electron chi connectivity index (χ2n) is 8.23. The molecule has 3 rings (SSSR count).